The van der Waals surface area contributed by atoms with Crippen LogP contribution in [0.1, 0.15) is 16.1 Å². The van der Waals surface area contributed by atoms with E-state index in [2.05, 4.69) is 10.1 Å². The summed E-state index contributed by atoms with van der Waals surface area (Å²) in [5.41, 5.74) is 2.39. The van der Waals surface area contributed by atoms with E-state index in [9.17, 15) is 9.59 Å². The lowest BCUT2D eigenvalue weighted by molar-refractivity contribution is 0.0953. The minimum absolute atomic E-state index is 0.109. The number of aromatic nitrogens is 4. The van der Waals surface area contributed by atoms with Gasteiger partial charge in [-0.05, 0) is 6.07 Å². The van der Waals surface area contributed by atoms with Crippen molar-refractivity contribution in [3.8, 4) is 0 Å². The summed E-state index contributed by atoms with van der Waals surface area (Å²) in [4.78, 5) is 27.2. The highest BCUT2D eigenvalue weighted by Crippen LogP contribution is 2.08. The average molecular weight is 274 g/mol. The Morgan fingerprint density at radius 2 is 2.35 bits per heavy atom. The normalized spacial score (nSPS) is 10.8. The molecule has 0 aromatic carbocycles. The fraction of sp³-hybridized carbons (Fsp3) is 0.0909. The fourth-order valence-corrected chi connectivity index (χ4v) is 1.80. The summed E-state index contributed by atoms with van der Waals surface area (Å²) in [6.45, 7) is 0.109. The molecule has 0 aliphatic heterocycles. The predicted octanol–water partition coefficient (Wildman–Crippen LogP) is -0.864. The van der Waals surface area contributed by atoms with Crippen molar-refractivity contribution >= 4 is 11.6 Å². The fourth-order valence-electron chi connectivity index (χ4n) is 1.80. The number of fused-ring (bicyclic) bond motifs is 1. The first-order valence-corrected chi connectivity index (χ1v) is 5.66. The number of hydrazine groups is 1. The highest BCUT2D eigenvalue weighted by molar-refractivity contribution is 5.93. The minimum atomic E-state index is -0.466. The third-order valence-corrected chi connectivity index (χ3v) is 2.74. The number of carbonyl (C=O) groups is 1. The lowest BCUT2D eigenvalue weighted by Crippen LogP contribution is -2.29. The molecule has 3 aromatic heterocycles. The summed E-state index contributed by atoms with van der Waals surface area (Å²) in [5, 5.41) is 4.10. The Morgan fingerprint density at radius 3 is 3.10 bits per heavy atom. The molecular weight excluding hydrogens is 264 g/mol. The maximum atomic E-state index is 12.0. The number of nitrogens with two attached hydrogens (primary N) is 1. The van der Waals surface area contributed by atoms with Gasteiger partial charge in [0, 0.05) is 12.4 Å². The quantitative estimate of drug-likeness (QED) is 0.364. The van der Waals surface area contributed by atoms with Crippen molar-refractivity contribution in [1.29, 1.82) is 0 Å². The number of rotatable bonds is 3. The number of carbonyl (C=O) groups excluding carboxylic acids is 1. The van der Waals surface area contributed by atoms with Gasteiger partial charge in [-0.2, -0.15) is 0 Å². The SMILES string of the molecule is NNC(=O)c1coc(Cn2nc3cnccn3c2=O)c1. The van der Waals surface area contributed by atoms with Crippen LogP contribution in [0.5, 0.6) is 0 Å². The topological polar surface area (TPSA) is 120 Å². The van der Waals surface area contributed by atoms with Crippen LogP contribution in [0.3, 0.4) is 0 Å². The van der Waals surface area contributed by atoms with Crippen molar-refractivity contribution < 1.29 is 9.21 Å². The molecule has 3 rings (SSSR count). The van der Waals surface area contributed by atoms with Gasteiger partial charge in [0.15, 0.2) is 5.65 Å². The Hall–Kier alpha value is -2.94. The van der Waals surface area contributed by atoms with Gasteiger partial charge in [0.05, 0.1) is 11.8 Å². The van der Waals surface area contributed by atoms with Crippen molar-refractivity contribution in [3.05, 3.63) is 52.7 Å². The number of amides is 1. The largest absolute Gasteiger partial charge is 0.467 e. The smallest absolute Gasteiger partial charge is 0.350 e. The number of nitrogens with one attached hydrogen (secondary N) is 1. The van der Waals surface area contributed by atoms with Crippen molar-refractivity contribution in [2.45, 2.75) is 6.54 Å². The highest BCUT2D eigenvalue weighted by Gasteiger charge is 2.12. The summed E-state index contributed by atoms with van der Waals surface area (Å²) in [5.74, 6) is 4.97. The Balaban J connectivity index is 1.93. The second kappa shape index (κ2) is 4.63. The second-order valence-corrected chi connectivity index (χ2v) is 4.02. The summed E-state index contributed by atoms with van der Waals surface area (Å²) in [6.07, 6.45) is 5.76. The molecule has 0 saturated carbocycles. The van der Waals surface area contributed by atoms with Crippen LogP contribution >= 0.6 is 0 Å². The first-order chi connectivity index (χ1) is 9.69. The first-order valence-electron chi connectivity index (χ1n) is 5.66. The van der Waals surface area contributed by atoms with Gasteiger partial charge in [0.25, 0.3) is 5.91 Å². The van der Waals surface area contributed by atoms with Gasteiger partial charge in [-0.25, -0.2) is 19.7 Å². The van der Waals surface area contributed by atoms with Gasteiger partial charge in [0.2, 0.25) is 0 Å². The molecule has 0 radical (unpaired) electrons. The van der Waals surface area contributed by atoms with E-state index in [0.29, 0.717) is 11.4 Å². The van der Waals surface area contributed by atoms with E-state index in [1.165, 1.54) is 40.0 Å². The molecule has 3 aromatic rings. The zero-order valence-electron chi connectivity index (χ0n) is 10.2. The molecule has 1 amide bonds. The summed E-state index contributed by atoms with van der Waals surface area (Å²) in [7, 11) is 0. The molecular formula is C11H10N6O3. The van der Waals surface area contributed by atoms with Gasteiger partial charge in [-0.15, -0.1) is 5.10 Å². The molecule has 0 bridgehead atoms. The van der Waals surface area contributed by atoms with E-state index >= 15 is 0 Å². The van der Waals surface area contributed by atoms with Crippen LogP contribution in [-0.4, -0.2) is 25.1 Å². The molecule has 9 heteroatoms. The van der Waals surface area contributed by atoms with Gasteiger partial charge >= 0.3 is 5.69 Å². The van der Waals surface area contributed by atoms with E-state index in [-0.39, 0.29) is 17.8 Å². The van der Waals surface area contributed by atoms with Crippen molar-refractivity contribution in [2.24, 2.45) is 5.84 Å². The molecule has 20 heavy (non-hydrogen) atoms. The third-order valence-electron chi connectivity index (χ3n) is 2.74. The maximum Gasteiger partial charge on any atom is 0.350 e. The Morgan fingerprint density at radius 1 is 1.50 bits per heavy atom. The zero-order valence-corrected chi connectivity index (χ0v) is 10.2. The standard InChI is InChI=1S/C11H10N6O3/c12-14-10(18)7-3-8(20-6-7)5-17-11(19)16-2-1-13-4-9(16)15-17/h1-4,6H,5,12H2,(H,14,18). The Kier molecular flexibility index (Phi) is 2.80. The molecule has 0 unspecified atom stereocenters. The molecule has 0 spiro atoms. The molecule has 0 fully saturated rings. The first kappa shape index (κ1) is 12.1. The molecule has 0 saturated heterocycles. The Bertz CT molecular complexity index is 830. The van der Waals surface area contributed by atoms with Gasteiger partial charge in [0.1, 0.15) is 18.6 Å². The molecule has 9 nitrogen and oxygen atoms in total. The highest BCUT2D eigenvalue weighted by atomic mass is 16.3. The van der Waals surface area contributed by atoms with Crippen molar-refractivity contribution in [1.82, 2.24) is 24.6 Å². The van der Waals surface area contributed by atoms with Crippen molar-refractivity contribution in [3.63, 3.8) is 0 Å². The zero-order chi connectivity index (χ0) is 14.1. The molecule has 102 valence electrons. The van der Waals surface area contributed by atoms with Gasteiger partial charge in [-0.3, -0.25) is 15.2 Å². The summed E-state index contributed by atoms with van der Waals surface area (Å²) in [6, 6.07) is 1.50. The number of hydrogen-bond donors (Lipinski definition) is 2. The summed E-state index contributed by atoms with van der Waals surface area (Å²) >= 11 is 0. The number of furan rings is 1. The minimum Gasteiger partial charge on any atom is -0.467 e. The molecule has 3 heterocycles. The number of nitrogen functional groups attached to an aromatic ring is 1. The van der Waals surface area contributed by atoms with Gasteiger partial charge < -0.3 is 4.42 Å². The number of nitrogens with zero attached hydrogens (tertiary/aromatic N) is 4. The average Bonchev–Trinajstić information content (AvgIpc) is 3.05. The second-order valence-electron chi connectivity index (χ2n) is 4.02. The van der Waals surface area contributed by atoms with Crippen LogP contribution in [-0.2, 0) is 6.54 Å². The number of hydrogen-bond acceptors (Lipinski definition) is 6. The summed E-state index contributed by atoms with van der Waals surface area (Å²) < 4.78 is 7.79. The lowest BCUT2D eigenvalue weighted by atomic mass is 10.3. The van der Waals surface area contributed by atoms with Crippen LogP contribution in [0.2, 0.25) is 0 Å². The van der Waals surface area contributed by atoms with E-state index in [1.807, 2.05) is 5.43 Å². The Labute approximate surface area is 111 Å². The molecule has 3 N–H and O–H groups in total. The van der Waals surface area contributed by atoms with Gasteiger partial charge in [-0.1, -0.05) is 0 Å². The van der Waals surface area contributed by atoms with Crippen LogP contribution in [0.15, 0.2) is 40.1 Å². The van der Waals surface area contributed by atoms with E-state index in [4.69, 9.17) is 10.3 Å². The van der Waals surface area contributed by atoms with E-state index in [0.717, 1.165) is 0 Å². The van der Waals surface area contributed by atoms with Crippen LogP contribution in [0, 0.1) is 0 Å². The van der Waals surface area contributed by atoms with Crippen LogP contribution in [0.4, 0.5) is 0 Å². The van der Waals surface area contributed by atoms with E-state index < -0.39 is 5.91 Å². The van der Waals surface area contributed by atoms with Crippen LogP contribution < -0.4 is 17.0 Å². The lowest BCUT2D eigenvalue weighted by Gasteiger charge is -1.94. The molecule has 0 aliphatic carbocycles. The monoisotopic (exact) mass is 274 g/mol. The maximum absolute atomic E-state index is 12.0. The van der Waals surface area contributed by atoms with Crippen molar-refractivity contribution in [2.75, 3.05) is 0 Å². The molecule has 0 aliphatic rings. The molecule has 0 atom stereocenters. The third kappa shape index (κ3) is 1.95. The van der Waals surface area contributed by atoms with E-state index in [1.54, 1.807) is 0 Å². The van der Waals surface area contributed by atoms with Crippen LogP contribution in [0.25, 0.3) is 5.65 Å². The predicted molar refractivity (Wildman–Crippen MR) is 66.7 cm³/mol.